The van der Waals surface area contributed by atoms with Gasteiger partial charge in [-0.3, -0.25) is 4.98 Å². The van der Waals surface area contributed by atoms with Gasteiger partial charge in [-0.2, -0.15) is 0 Å². The maximum atomic E-state index is 12.0. The first kappa shape index (κ1) is 17.3. The van der Waals surface area contributed by atoms with Crippen molar-refractivity contribution in [1.29, 1.82) is 0 Å². The van der Waals surface area contributed by atoms with Crippen molar-refractivity contribution in [2.75, 3.05) is 19.8 Å². The van der Waals surface area contributed by atoms with Gasteiger partial charge in [0.25, 0.3) is 0 Å². The van der Waals surface area contributed by atoms with Crippen molar-refractivity contribution in [1.82, 2.24) is 9.88 Å². The summed E-state index contributed by atoms with van der Waals surface area (Å²) in [5, 5.41) is 8.79. The summed E-state index contributed by atoms with van der Waals surface area (Å²) in [6.45, 7) is 6.65. The van der Waals surface area contributed by atoms with Crippen molar-refractivity contribution in [3.63, 3.8) is 0 Å². The minimum Gasteiger partial charge on any atom is -0.490 e. The molecular formula is C17H24N2O4. The number of pyridine rings is 1. The van der Waals surface area contributed by atoms with Gasteiger partial charge in [-0.25, -0.2) is 4.79 Å². The summed E-state index contributed by atoms with van der Waals surface area (Å²) in [7, 11) is 0. The van der Waals surface area contributed by atoms with Gasteiger partial charge >= 0.3 is 6.09 Å². The van der Waals surface area contributed by atoms with E-state index in [-0.39, 0.29) is 18.7 Å². The zero-order valence-corrected chi connectivity index (χ0v) is 13.9. The fourth-order valence-electron chi connectivity index (χ4n) is 2.16. The number of likely N-dealkylation sites (tertiary alicyclic amines) is 1. The summed E-state index contributed by atoms with van der Waals surface area (Å²) in [5.74, 6) is 0.640. The molecule has 1 saturated heterocycles. The van der Waals surface area contributed by atoms with Gasteiger partial charge in [0.1, 0.15) is 18.0 Å². The predicted molar refractivity (Wildman–Crippen MR) is 87.2 cm³/mol. The molecule has 0 spiro atoms. The number of amides is 1. The van der Waals surface area contributed by atoms with E-state index in [2.05, 4.69) is 4.98 Å². The van der Waals surface area contributed by atoms with Crippen LogP contribution in [0.5, 0.6) is 5.75 Å². The van der Waals surface area contributed by atoms with Crippen LogP contribution in [-0.2, 0) is 4.74 Å². The van der Waals surface area contributed by atoms with Gasteiger partial charge in [0.05, 0.1) is 18.8 Å². The molecule has 1 N–H and O–H groups in total. The molecule has 1 fully saturated rings. The van der Waals surface area contributed by atoms with Gasteiger partial charge < -0.3 is 19.5 Å². The van der Waals surface area contributed by atoms with Gasteiger partial charge in [0, 0.05) is 12.7 Å². The second kappa shape index (κ2) is 7.46. The lowest BCUT2D eigenvalue weighted by Crippen LogP contribution is -2.55. The largest absolute Gasteiger partial charge is 0.490 e. The number of aromatic nitrogens is 1. The standard InChI is InChI=1S/C17H24N2O4/c1-17(2,3)23-16(21)19-7-6-14(19)12-22-15-9-13(5-4-8-20)10-18-11-15/h4-5,9-11,14,20H,6-8,12H2,1-3H3/b5-4+. The molecule has 1 aliphatic heterocycles. The van der Waals surface area contributed by atoms with Crippen LogP contribution < -0.4 is 4.74 Å². The molecule has 0 radical (unpaired) electrons. The van der Waals surface area contributed by atoms with Crippen LogP contribution in [0.15, 0.2) is 24.5 Å². The number of carbonyl (C=O) groups excluding carboxylic acids is 1. The van der Waals surface area contributed by atoms with Crippen LogP contribution in [0.2, 0.25) is 0 Å². The lowest BCUT2D eigenvalue weighted by Gasteiger charge is -2.40. The van der Waals surface area contributed by atoms with E-state index in [1.54, 1.807) is 29.4 Å². The first-order chi connectivity index (χ1) is 10.9. The van der Waals surface area contributed by atoms with Crippen LogP contribution in [-0.4, -0.2) is 52.5 Å². The molecule has 23 heavy (non-hydrogen) atoms. The van der Waals surface area contributed by atoms with Crippen molar-refractivity contribution >= 4 is 12.2 Å². The van der Waals surface area contributed by atoms with Crippen LogP contribution in [0.4, 0.5) is 4.79 Å². The average molecular weight is 320 g/mol. The lowest BCUT2D eigenvalue weighted by atomic mass is 10.1. The Morgan fingerprint density at radius 3 is 2.87 bits per heavy atom. The molecule has 1 amide bonds. The molecule has 0 bridgehead atoms. The van der Waals surface area contributed by atoms with Crippen molar-refractivity contribution in [3.8, 4) is 5.75 Å². The van der Waals surface area contributed by atoms with Crippen LogP contribution in [0.25, 0.3) is 6.08 Å². The van der Waals surface area contributed by atoms with Crippen LogP contribution in [0.3, 0.4) is 0 Å². The molecule has 1 aromatic heterocycles. The molecule has 1 atom stereocenters. The molecule has 2 heterocycles. The number of aliphatic hydroxyl groups excluding tert-OH is 1. The summed E-state index contributed by atoms with van der Waals surface area (Å²) in [4.78, 5) is 17.8. The average Bonchev–Trinajstić information content (AvgIpc) is 2.42. The summed E-state index contributed by atoms with van der Waals surface area (Å²) in [6, 6.07) is 1.87. The van der Waals surface area contributed by atoms with Crippen LogP contribution in [0.1, 0.15) is 32.8 Å². The number of hydrogen-bond acceptors (Lipinski definition) is 5. The molecular weight excluding hydrogens is 296 g/mol. The molecule has 1 aliphatic rings. The van der Waals surface area contributed by atoms with E-state index in [9.17, 15) is 4.79 Å². The van der Waals surface area contributed by atoms with Gasteiger partial charge in [-0.15, -0.1) is 0 Å². The van der Waals surface area contributed by atoms with Gasteiger partial charge in [0.2, 0.25) is 0 Å². The van der Waals surface area contributed by atoms with E-state index < -0.39 is 5.60 Å². The number of aliphatic hydroxyl groups is 1. The van der Waals surface area contributed by atoms with Crippen molar-refractivity contribution < 1.29 is 19.4 Å². The minimum absolute atomic E-state index is 0.0159. The van der Waals surface area contributed by atoms with Crippen LogP contribution >= 0.6 is 0 Å². The predicted octanol–water partition coefficient (Wildman–Crippen LogP) is 2.48. The molecule has 6 heteroatoms. The molecule has 2 rings (SSSR count). The topological polar surface area (TPSA) is 71.9 Å². The number of nitrogens with zero attached hydrogens (tertiary/aromatic N) is 2. The molecule has 6 nitrogen and oxygen atoms in total. The number of rotatable bonds is 5. The summed E-state index contributed by atoms with van der Waals surface area (Å²) in [5.41, 5.74) is 0.365. The second-order valence-corrected chi connectivity index (χ2v) is 6.47. The van der Waals surface area contributed by atoms with E-state index in [1.807, 2.05) is 26.8 Å². The third-order valence-electron chi connectivity index (χ3n) is 3.36. The van der Waals surface area contributed by atoms with E-state index in [0.717, 1.165) is 12.0 Å². The lowest BCUT2D eigenvalue weighted by molar-refractivity contribution is -0.0141. The minimum atomic E-state index is -0.491. The van der Waals surface area contributed by atoms with Crippen LogP contribution in [0, 0.1) is 0 Å². The van der Waals surface area contributed by atoms with Crippen molar-refractivity contribution in [3.05, 3.63) is 30.1 Å². The molecule has 126 valence electrons. The van der Waals surface area contributed by atoms with Gasteiger partial charge in [0.15, 0.2) is 0 Å². The third kappa shape index (κ3) is 5.25. The molecule has 0 aromatic carbocycles. The summed E-state index contributed by atoms with van der Waals surface area (Å²) >= 11 is 0. The molecule has 1 unspecified atom stereocenters. The summed E-state index contributed by atoms with van der Waals surface area (Å²) < 4.78 is 11.1. The van der Waals surface area contributed by atoms with E-state index >= 15 is 0 Å². The van der Waals surface area contributed by atoms with E-state index in [0.29, 0.717) is 18.9 Å². The number of hydrogen-bond donors (Lipinski definition) is 1. The second-order valence-electron chi connectivity index (χ2n) is 6.47. The highest BCUT2D eigenvalue weighted by Gasteiger charge is 2.35. The highest BCUT2D eigenvalue weighted by Crippen LogP contribution is 2.22. The Morgan fingerprint density at radius 1 is 1.48 bits per heavy atom. The quantitative estimate of drug-likeness (QED) is 0.902. The van der Waals surface area contributed by atoms with E-state index in [4.69, 9.17) is 14.6 Å². The SMILES string of the molecule is CC(C)(C)OC(=O)N1CCC1COc1cncc(/C=C/CO)c1. The Labute approximate surface area is 136 Å². The molecule has 1 aromatic rings. The monoisotopic (exact) mass is 320 g/mol. The van der Waals surface area contributed by atoms with Gasteiger partial charge in [-0.1, -0.05) is 12.2 Å². The normalized spacial score (nSPS) is 17.9. The Hall–Kier alpha value is -2.08. The fraction of sp³-hybridized carbons (Fsp3) is 0.529. The smallest absolute Gasteiger partial charge is 0.410 e. The highest BCUT2D eigenvalue weighted by atomic mass is 16.6. The first-order valence-electron chi connectivity index (χ1n) is 7.74. The Bertz CT molecular complexity index is 566. The maximum absolute atomic E-state index is 12.0. The summed E-state index contributed by atoms with van der Waals surface area (Å²) in [6.07, 6.45) is 7.33. The fourth-order valence-corrected chi connectivity index (χ4v) is 2.16. The zero-order valence-electron chi connectivity index (χ0n) is 13.9. The third-order valence-corrected chi connectivity index (χ3v) is 3.36. The van der Waals surface area contributed by atoms with Crippen molar-refractivity contribution in [2.24, 2.45) is 0 Å². The van der Waals surface area contributed by atoms with Gasteiger partial charge in [-0.05, 0) is 38.8 Å². The van der Waals surface area contributed by atoms with Crippen molar-refractivity contribution in [2.45, 2.75) is 38.8 Å². The Balaban J connectivity index is 1.86. The Kier molecular flexibility index (Phi) is 5.60. The highest BCUT2D eigenvalue weighted by molar-refractivity contribution is 5.69. The Morgan fingerprint density at radius 2 is 2.26 bits per heavy atom. The first-order valence-corrected chi connectivity index (χ1v) is 7.74. The van der Waals surface area contributed by atoms with E-state index in [1.165, 1.54) is 0 Å². The number of carbonyl (C=O) groups is 1. The zero-order chi connectivity index (χ0) is 16.9. The molecule has 0 aliphatic carbocycles. The molecule has 0 saturated carbocycles. The number of ether oxygens (including phenoxy) is 2. The maximum Gasteiger partial charge on any atom is 0.410 e.